The van der Waals surface area contributed by atoms with E-state index in [0.29, 0.717) is 6.10 Å². The van der Waals surface area contributed by atoms with E-state index in [1.54, 1.807) is 0 Å². The van der Waals surface area contributed by atoms with Gasteiger partial charge in [0.15, 0.2) is 0 Å². The third-order valence-corrected chi connectivity index (χ3v) is 3.57. The predicted octanol–water partition coefficient (Wildman–Crippen LogP) is 2.58. The van der Waals surface area contributed by atoms with Gasteiger partial charge in [-0.1, -0.05) is 19.3 Å². The second-order valence-electron chi connectivity index (χ2n) is 4.58. The molecule has 84 valence electrons. The van der Waals surface area contributed by atoms with Crippen LogP contribution in [0.3, 0.4) is 0 Å². The molecule has 0 saturated heterocycles. The lowest BCUT2D eigenvalue weighted by Crippen LogP contribution is -2.34. The summed E-state index contributed by atoms with van der Waals surface area (Å²) in [6.07, 6.45) is 8.55. The minimum atomic E-state index is 0.411. The van der Waals surface area contributed by atoms with Crippen LogP contribution in [0.5, 0.6) is 0 Å². The first-order valence-electron chi connectivity index (χ1n) is 5.98. The van der Waals surface area contributed by atoms with Gasteiger partial charge in [0, 0.05) is 13.2 Å². The number of hydrogen-bond donors (Lipinski definition) is 1. The van der Waals surface area contributed by atoms with Gasteiger partial charge < -0.3 is 10.1 Å². The molecule has 0 aromatic rings. The van der Waals surface area contributed by atoms with Crippen molar-refractivity contribution in [3.8, 4) is 0 Å². The number of methoxy groups -OCH3 is 1. The Morgan fingerprint density at radius 3 is 2.64 bits per heavy atom. The molecule has 3 atom stereocenters. The Morgan fingerprint density at radius 2 is 2.00 bits per heavy atom. The van der Waals surface area contributed by atoms with E-state index >= 15 is 0 Å². The molecule has 1 N–H and O–H groups in total. The first-order valence-corrected chi connectivity index (χ1v) is 5.98. The van der Waals surface area contributed by atoms with Crippen molar-refractivity contribution in [3.05, 3.63) is 0 Å². The van der Waals surface area contributed by atoms with Gasteiger partial charge in [-0.2, -0.15) is 0 Å². The molecule has 0 aromatic carbocycles. The van der Waals surface area contributed by atoms with Crippen molar-refractivity contribution >= 4 is 0 Å². The highest BCUT2D eigenvalue weighted by molar-refractivity contribution is 4.79. The quantitative estimate of drug-likeness (QED) is 0.703. The summed E-state index contributed by atoms with van der Waals surface area (Å²) in [6, 6.07) is 0.718. The minimum absolute atomic E-state index is 0.411. The normalized spacial score (nSPS) is 31.1. The molecule has 0 spiro atoms. The number of nitrogens with one attached hydrogen (secondary N) is 1. The Balaban J connectivity index is 2.43. The smallest absolute Gasteiger partial charge is 0.0546 e. The maximum atomic E-state index is 5.36. The zero-order valence-electron chi connectivity index (χ0n) is 9.88. The molecule has 3 unspecified atom stereocenters. The van der Waals surface area contributed by atoms with Gasteiger partial charge in [-0.3, -0.25) is 0 Å². The largest absolute Gasteiger partial charge is 0.382 e. The highest BCUT2D eigenvalue weighted by Gasteiger charge is 2.23. The third-order valence-electron chi connectivity index (χ3n) is 3.57. The first kappa shape index (κ1) is 12.0. The summed E-state index contributed by atoms with van der Waals surface area (Å²) in [7, 11) is 3.91. The zero-order valence-corrected chi connectivity index (χ0v) is 9.88. The van der Waals surface area contributed by atoms with E-state index in [9.17, 15) is 0 Å². The summed E-state index contributed by atoms with van der Waals surface area (Å²) in [5, 5.41) is 3.47. The van der Waals surface area contributed by atoms with Crippen LogP contribution in [0.2, 0.25) is 0 Å². The SMILES string of the molecule is CNC1CCCCCC1CC(C)OC. The summed E-state index contributed by atoms with van der Waals surface area (Å²) in [4.78, 5) is 0. The molecule has 2 heteroatoms. The summed E-state index contributed by atoms with van der Waals surface area (Å²) in [6.45, 7) is 2.18. The van der Waals surface area contributed by atoms with Crippen LogP contribution in [0.25, 0.3) is 0 Å². The Kier molecular flexibility index (Phi) is 5.49. The van der Waals surface area contributed by atoms with Crippen LogP contribution in [-0.4, -0.2) is 26.3 Å². The Hall–Kier alpha value is -0.0800. The van der Waals surface area contributed by atoms with E-state index in [1.807, 2.05) is 7.11 Å². The van der Waals surface area contributed by atoms with E-state index in [4.69, 9.17) is 4.74 Å². The van der Waals surface area contributed by atoms with Gasteiger partial charge in [0.25, 0.3) is 0 Å². The third kappa shape index (κ3) is 3.58. The van der Waals surface area contributed by atoms with Gasteiger partial charge in [-0.05, 0) is 39.2 Å². The second kappa shape index (κ2) is 6.41. The lowest BCUT2D eigenvalue weighted by atomic mass is 9.89. The van der Waals surface area contributed by atoms with Crippen LogP contribution in [0, 0.1) is 5.92 Å². The molecule has 1 rings (SSSR count). The monoisotopic (exact) mass is 199 g/mol. The van der Waals surface area contributed by atoms with Gasteiger partial charge >= 0.3 is 0 Å². The van der Waals surface area contributed by atoms with Gasteiger partial charge in [-0.15, -0.1) is 0 Å². The molecule has 0 aliphatic heterocycles. The Morgan fingerprint density at radius 1 is 1.29 bits per heavy atom. The van der Waals surface area contributed by atoms with Gasteiger partial charge in [0.1, 0.15) is 0 Å². The molecule has 0 aromatic heterocycles. The molecule has 1 fully saturated rings. The average Bonchev–Trinajstić information content (AvgIpc) is 2.42. The molecule has 0 radical (unpaired) electrons. The van der Waals surface area contributed by atoms with Gasteiger partial charge in [-0.25, -0.2) is 0 Å². The minimum Gasteiger partial charge on any atom is -0.382 e. The van der Waals surface area contributed by atoms with Crippen LogP contribution in [-0.2, 0) is 4.74 Å². The molecule has 0 heterocycles. The molecule has 2 nitrogen and oxygen atoms in total. The maximum Gasteiger partial charge on any atom is 0.0546 e. The molecule has 1 aliphatic carbocycles. The second-order valence-corrected chi connectivity index (χ2v) is 4.58. The van der Waals surface area contributed by atoms with E-state index in [-0.39, 0.29) is 0 Å². The van der Waals surface area contributed by atoms with E-state index in [1.165, 1.54) is 38.5 Å². The van der Waals surface area contributed by atoms with Gasteiger partial charge in [0.05, 0.1) is 6.10 Å². The van der Waals surface area contributed by atoms with Crippen LogP contribution in [0.1, 0.15) is 45.4 Å². The van der Waals surface area contributed by atoms with Crippen LogP contribution in [0.4, 0.5) is 0 Å². The molecular formula is C12H25NO. The van der Waals surface area contributed by atoms with Crippen molar-refractivity contribution in [1.29, 1.82) is 0 Å². The summed E-state index contributed by atoms with van der Waals surface area (Å²) >= 11 is 0. The maximum absolute atomic E-state index is 5.36. The molecular weight excluding hydrogens is 174 g/mol. The fourth-order valence-corrected chi connectivity index (χ4v) is 2.57. The first-order chi connectivity index (χ1) is 6.77. The molecule has 0 bridgehead atoms. The fourth-order valence-electron chi connectivity index (χ4n) is 2.57. The highest BCUT2D eigenvalue weighted by Crippen LogP contribution is 2.27. The molecule has 1 saturated carbocycles. The van der Waals surface area contributed by atoms with E-state index in [2.05, 4.69) is 19.3 Å². The number of hydrogen-bond acceptors (Lipinski definition) is 2. The Bertz CT molecular complexity index is 149. The summed E-state index contributed by atoms with van der Waals surface area (Å²) in [5.74, 6) is 0.817. The summed E-state index contributed by atoms with van der Waals surface area (Å²) < 4.78 is 5.36. The van der Waals surface area contributed by atoms with Crippen LogP contribution in [0.15, 0.2) is 0 Å². The molecule has 14 heavy (non-hydrogen) atoms. The molecule has 1 aliphatic rings. The standard InChI is InChI=1S/C12H25NO/c1-10(14-3)9-11-7-5-4-6-8-12(11)13-2/h10-13H,4-9H2,1-3H3. The topological polar surface area (TPSA) is 21.3 Å². The predicted molar refractivity (Wildman–Crippen MR) is 60.5 cm³/mol. The number of rotatable bonds is 4. The summed E-state index contributed by atoms with van der Waals surface area (Å²) in [5.41, 5.74) is 0. The van der Waals surface area contributed by atoms with Crippen molar-refractivity contribution in [3.63, 3.8) is 0 Å². The van der Waals surface area contributed by atoms with Crippen LogP contribution >= 0.6 is 0 Å². The number of ether oxygens (including phenoxy) is 1. The zero-order chi connectivity index (χ0) is 10.4. The van der Waals surface area contributed by atoms with Crippen molar-refractivity contribution in [2.75, 3.05) is 14.2 Å². The van der Waals surface area contributed by atoms with Crippen molar-refractivity contribution < 1.29 is 4.74 Å². The molecule has 0 amide bonds. The van der Waals surface area contributed by atoms with Crippen molar-refractivity contribution in [2.45, 2.75) is 57.6 Å². The van der Waals surface area contributed by atoms with E-state index in [0.717, 1.165) is 12.0 Å². The van der Waals surface area contributed by atoms with Gasteiger partial charge in [0.2, 0.25) is 0 Å². The van der Waals surface area contributed by atoms with Crippen LogP contribution < -0.4 is 5.32 Å². The highest BCUT2D eigenvalue weighted by atomic mass is 16.5. The lowest BCUT2D eigenvalue weighted by molar-refractivity contribution is 0.0866. The van der Waals surface area contributed by atoms with Crippen molar-refractivity contribution in [1.82, 2.24) is 5.32 Å². The van der Waals surface area contributed by atoms with E-state index < -0.39 is 0 Å². The Labute approximate surface area is 88.4 Å². The fraction of sp³-hybridized carbons (Fsp3) is 1.00. The van der Waals surface area contributed by atoms with Crippen molar-refractivity contribution in [2.24, 2.45) is 5.92 Å². The average molecular weight is 199 g/mol. The lowest BCUT2D eigenvalue weighted by Gasteiger charge is -2.26.